The first-order valence-electron chi connectivity index (χ1n) is 6.85. The number of carbonyl (C=O) groups is 1. The normalized spacial score (nSPS) is 15.1. The average Bonchev–Trinajstić information content (AvgIpc) is 2.30. The van der Waals surface area contributed by atoms with Crippen LogP contribution in [0.2, 0.25) is 0 Å². The summed E-state index contributed by atoms with van der Waals surface area (Å²) < 4.78 is 0. The molecule has 0 bridgehead atoms. The zero-order valence-corrected chi connectivity index (χ0v) is 10.8. The quantitative estimate of drug-likeness (QED) is 0.758. The van der Waals surface area contributed by atoms with E-state index in [0.717, 1.165) is 24.4 Å². The van der Waals surface area contributed by atoms with Crippen molar-refractivity contribution in [1.29, 1.82) is 0 Å². The van der Waals surface area contributed by atoms with Crippen molar-refractivity contribution in [3.05, 3.63) is 29.8 Å². The third kappa shape index (κ3) is 4.06. The van der Waals surface area contributed by atoms with Crippen LogP contribution >= 0.6 is 0 Å². The van der Waals surface area contributed by atoms with Gasteiger partial charge in [-0.15, -0.1) is 0 Å². The van der Waals surface area contributed by atoms with Crippen molar-refractivity contribution >= 4 is 11.6 Å². The van der Waals surface area contributed by atoms with Gasteiger partial charge in [0.1, 0.15) is 0 Å². The summed E-state index contributed by atoms with van der Waals surface area (Å²) in [5.74, 6) is 1.00. The molecule has 1 aromatic rings. The summed E-state index contributed by atoms with van der Waals surface area (Å²) in [7, 11) is 0. The summed E-state index contributed by atoms with van der Waals surface area (Å²) >= 11 is 0. The monoisotopic (exact) mass is 246 g/mol. The topological polar surface area (TPSA) is 55.1 Å². The van der Waals surface area contributed by atoms with E-state index in [1.54, 1.807) is 0 Å². The lowest BCUT2D eigenvalue weighted by molar-refractivity contribution is -0.121. The Kier molecular flexibility index (Phi) is 4.62. The Bertz CT molecular complexity index is 382. The van der Waals surface area contributed by atoms with Gasteiger partial charge in [-0.3, -0.25) is 4.79 Å². The smallest absolute Gasteiger partial charge is 0.220 e. The second-order valence-electron chi connectivity index (χ2n) is 5.18. The lowest BCUT2D eigenvalue weighted by Gasteiger charge is -2.24. The summed E-state index contributed by atoms with van der Waals surface area (Å²) in [6.45, 7) is 0.716. The Labute approximate surface area is 109 Å². The number of hydrogen-bond acceptors (Lipinski definition) is 2. The molecule has 0 radical (unpaired) electrons. The van der Waals surface area contributed by atoms with Crippen LogP contribution in [0.25, 0.3) is 0 Å². The molecule has 3 nitrogen and oxygen atoms in total. The van der Waals surface area contributed by atoms with Gasteiger partial charge in [-0.2, -0.15) is 0 Å². The second-order valence-corrected chi connectivity index (χ2v) is 5.18. The molecular formula is C15H22N2O. The van der Waals surface area contributed by atoms with Gasteiger partial charge in [0.25, 0.3) is 0 Å². The van der Waals surface area contributed by atoms with Gasteiger partial charge < -0.3 is 11.1 Å². The van der Waals surface area contributed by atoms with Crippen molar-refractivity contribution in [1.82, 2.24) is 5.32 Å². The van der Waals surface area contributed by atoms with E-state index in [4.69, 9.17) is 5.73 Å². The minimum Gasteiger partial charge on any atom is -0.399 e. The third-order valence-electron chi connectivity index (χ3n) is 3.72. The van der Waals surface area contributed by atoms with Crippen LogP contribution in [0, 0.1) is 5.92 Å². The van der Waals surface area contributed by atoms with Gasteiger partial charge >= 0.3 is 0 Å². The minimum absolute atomic E-state index is 0.192. The SMILES string of the molecule is Nc1ccc(CCNC(=O)CCC2CCC2)cc1. The summed E-state index contributed by atoms with van der Waals surface area (Å²) in [5, 5.41) is 2.98. The fourth-order valence-electron chi connectivity index (χ4n) is 2.24. The Morgan fingerprint density at radius 3 is 2.61 bits per heavy atom. The Morgan fingerprint density at radius 1 is 1.28 bits per heavy atom. The van der Waals surface area contributed by atoms with Crippen LogP contribution in [0.4, 0.5) is 5.69 Å². The van der Waals surface area contributed by atoms with Gasteiger partial charge in [0.05, 0.1) is 0 Å². The van der Waals surface area contributed by atoms with E-state index in [1.165, 1.54) is 24.8 Å². The summed E-state index contributed by atoms with van der Waals surface area (Å²) in [5.41, 5.74) is 7.61. The predicted octanol–water partition coefficient (Wildman–Crippen LogP) is 2.51. The largest absolute Gasteiger partial charge is 0.399 e. The first-order chi connectivity index (χ1) is 8.74. The molecule has 0 saturated heterocycles. The van der Waals surface area contributed by atoms with E-state index in [9.17, 15) is 4.79 Å². The van der Waals surface area contributed by atoms with E-state index in [0.29, 0.717) is 13.0 Å². The molecule has 3 N–H and O–H groups in total. The molecule has 3 heteroatoms. The molecule has 1 saturated carbocycles. The highest BCUT2D eigenvalue weighted by Gasteiger charge is 2.17. The Morgan fingerprint density at radius 2 is 2.00 bits per heavy atom. The molecule has 1 aliphatic carbocycles. The molecule has 1 fully saturated rings. The van der Waals surface area contributed by atoms with Crippen molar-refractivity contribution in [3.8, 4) is 0 Å². The van der Waals surface area contributed by atoms with Gasteiger partial charge in [-0.05, 0) is 36.5 Å². The number of benzene rings is 1. The van der Waals surface area contributed by atoms with Crippen LogP contribution in [0.3, 0.4) is 0 Å². The maximum absolute atomic E-state index is 11.6. The molecule has 0 atom stereocenters. The van der Waals surface area contributed by atoms with Gasteiger partial charge in [0.15, 0.2) is 0 Å². The predicted molar refractivity (Wildman–Crippen MR) is 74.1 cm³/mol. The third-order valence-corrected chi connectivity index (χ3v) is 3.72. The van der Waals surface area contributed by atoms with E-state index in [2.05, 4.69) is 5.32 Å². The maximum atomic E-state index is 11.6. The molecule has 98 valence electrons. The van der Waals surface area contributed by atoms with Crippen molar-refractivity contribution in [3.63, 3.8) is 0 Å². The van der Waals surface area contributed by atoms with Gasteiger partial charge in [-0.1, -0.05) is 31.4 Å². The van der Waals surface area contributed by atoms with Crippen LogP contribution in [-0.4, -0.2) is 12.5 Å². The first-order valence-corrected chi connectivity index (χ1v) is 6.85. The molecule has 1 aliphatic rings. The van der Waals surface area contributed by atoms with Gasteiger partial charge in [0, 0.05) is 18.7 Å². The number of nitrogens with two attached hydrogens (primary N) is 1. The standard InChI is InChI=1S/C15H22N2O/c16-14-7-4-13(5-8-14)10-11-17-15(18)9-6-12-2-1-3-12/h4-5,7-8,12H,1-3,6,9-11,16H2,(H,17,18). The number of hydrogen-bond donors (Lipinski definition) is 2. The lowest BCUT2D eigenvalue weighted by atomic mass is 9.82. The van der Waals surface area contributed by atoms with Crippen molar-refractivity contribution in [2.45, 2.75) is 38.5 Å². The summed E-state index contributed by atoms with van der Waals surface area (Å²) in [4.78, 5) is 11.6. The molecule has 0 aromatic heterocycles. The fourth-order valence-corrected chi connectivity index (χ4v) is 2.24. The van der Waals surface area contributed by atoms with Crippen molar-refractivity contribution in [2.24, 2.45) is 5.92 Å². The summed E-state index contributed by atoms with van der Waals surface area (Å²) in [6, 6.07) is 7.81. The van der Waals surface area contributed by atoms with Gasteiger partial charge in [0.2, 0.25) is 5.91 Å². The number of anilines is 1. The Balaban J connectivity index is 1.59. The molecule has 0 spiro atoms. The van der Waals surface area contributed by atoms with Crippen LogP contribution in [-0.2, 0) is 11.2 Å². The molecule has 18 heavy (non-hydrogen) atoms. The second kappa shape index (κ2) is 6.43. The number of nitrogens with one attached hydrogen (secondary N) is 1. The molecule has 0 aliphatic heterocycles. The number of rotatable bonds is 6. The number of nitrogen functional groups attached to an aromatic ring is 1. The van der Waals surface area contributed by atoms with Crippen LogP contribution in [0.1, 0.15) is 37.7 Å². The molecule has 0 heterocycles. The Hall–Kier alpha value is -1.51. The highest BCUT2D eigenvalue weighted by atomic mass is 16.1. The molecule has 1 aromatic carbocycles. The maximum Gasteiger partial charge on any atom is 0.220 e. The highest BCUT2D eigenvalue weighted by molar-refractivity contribution is 5.75. The highest BCUT2D eigenvalue weighted by Crippen LogP contribution is 2.30. The summed E-state index contributed by atoms with van der Waals surface area (Å²) in [6.07, 6.45) is 6.61. The fraction of sp³-hybridized carbons (Fsp3) is 0.533. The molecule has 0 unspecified atom stereocenters. The average molecular weight is 246 g/mol. The van der Waals surface area contributed by atoms with Crippen molar-refractivity contribution < 1.29 is 4.79 Å². The van der Waals surface area contributed by atoms with E-state index in [1.807, 2.05) is 24.3 Å². The zero-order chi connectivity index (χ0) is 12.8. The zero-order valence-electron chi connectivity index (χ0n) is 10.8. The molecule has 1 amide bonds. The van der Waals surface area contributed by atoms with Gasteiger partial charge in [-0.25, -0.2) is 0 Å². The molecule has 2 rings (SSSR count). The van der Waals surface area contributed by atoms with Crippen LogP contribution in [0.5, 0.6) is 0 Å². The first kappa shape index (κ1) is 12.9. The van der Waals surface area contributed by atoms with E-state index >= 15 is 0 Å². The minimum atomic E-state index is 0.192. The van der Waals surface area contributed by atoms with E-state index in [-0.39, 0.29) is 5.91 Å². The number of amides is 1. The van der Waals surface area contributed by atoms with E-state index < -0.39 is 0 Å². The van der Waals surface area contributed by atoms with Crippen molar-refractivity contribution in [2.75, 3.05) is 12.3 Å². The molecular weight excluding hydrogens is 224 g/mol. The lowest BCUT2D eigenvalue weighted by Crippen LogP contribution is -2.26. The van der Waals surface area contributed by atoms with Crippen LogP contribution < -0.4 is 11.1 Å². The van der Waals surface area contributed by atoms with Crippen LogP contribution in [0.15, 0.2) is 24.3 Å². The number of carbonyl (C=O) groups excluding carboxylic acids is 1.